The fraction of sp³-hybridized carbons (Fsp3) is 0.235. The van der Waals surface area contributed by atoms with Crippen LogP contribution in [-0.4, -0.2) is 23.2 Å². The van der Waals surface area contributed by atoms with Crippen LogP contribution in [0.25, 0.3) is 0 Å². The summed E-state index contributed by atoms with van der Waals surface area (Å²) in [4.78, 5) is 14.1. The third kappa shape index (κ3) is 4.22. The smallest absolute Gasteiger partial charge is 0.308 e. The van der Waals surface area contributed by atoms with Crippen molar-refractivity contribution >= 4 is 35.1 Å². The van der Waals surface area contributed by atoms with Gasteiger partial charge in [-0.2, -0.15) is 13.2 Å². The van der Waals surface area contributed by atoms with Crippen LogP contribution in [0, 0.1) is 0 Å². The maximum Gasteiger partial charge on any atom is 0.416 e. The molecule has 1 unspecified atom stereocenters. The zero-order valence-corrected chi connectivity index (χ0v) is 14.5. The first-order valence-electron chi connectivity index (χ1n) is 7.46. The second-order valence-electron chi connectivity index (χ2n) is 5.48. The standard InChI is InChI=1S/C17H14ClF3N2OS/c18-13-2-1-3-14(10-13)22-16(24)23-8-9-25-15(23)11-4-6-12(7-5-11)17(19,20)21/h1-7,10,15H,8-9H2,(H,22,24). The topological polar surface area (TPSA) is 32.3 Å². The Morgan fingerprint density at radius 1 is 1.20 bits per heavy atom. The molecule has 0 aromatic heterocycles. The minimum Gasteiger partial charge on any atom is -0.308 e. The molecule has 1 N–H and O–H groups in total. The number of nitrogens with one attached hydrogen (secondary N) is 1. The van der Waals surface area contributed by atoms with Crippen molar-refractivity contribution in [1.29, 1.82) is 0 Å². The van der Waals surface area contributed by atoms with Crippen molar-refractivity contribution in [3.05, 3.63) is 64.7 Å². The number of thioether (sulfide) groups is 1. The molecule has 2 aromatic carbocycles. The molecule has 25 heavy (non-hydrogen) atoms. The highest BCUT2D eigenvalue weighted by Gasteiger charge is 2.33. The normalized spacial score (nSPS) is 17.6. The van der Waals surface area contributed by atoms with Crippen LogP contribution < -0.4 is 5.32 Å². The van der Waals surface area contributed by atoms with Crippen LogP contribution in [0.5, 0.6) is 0 Å². The van der Waals surface area contributed by atoms with Gasteiger partial charge in [0.2, 0.25) is 0 Å². The molecule has 2 aromatic rings. The molecule has 8 heteroatoms. The molecule has 1 heterocycles. The lowest BCUT2D eigenvalue weighted by Gasteiger charge is -2.24. The molecule has 3 rings (SSSR count). The second-order valence-corrected chi connectivity index (χ2v) is 7.10. The van der Waals surface area contributed by atoms with E-state index >= 15 is 0 Å². The van der Waals surface area contributed by atoms with Gasteiger partial charge in [-0.3, -0.25) is 0 Å². The van der Waals surface area contributed by atoms with E-state index in [4.69, 9.17) is 11.6 Å². The number of anilines is 1. The lowest BCUT2D eigenvalue weighted by Crippen LogP contribution is -2.34. The molecule has 0 bridgehead atoms. The Kier molecular flexibility index (Phi) is 5.15. The number of rotatable bonds is 2. The molecule has 2 amide bonds. The van der Waals surface area contributed by atoms with Crippen molar-refractivity contribution in [3.8, 4) is 0 Å². The van der Waals surface area contributed by atoms with E-state index in [1.165, 1.54) is 23.9 Å². The first kappa shape index (κ1) is 17.9. The highest BCUT2D eigenvalue weighted by molar-refractivity contribution is 7.99. The molecule has 0 saturated carbocycles. The molecule has 1 fully saturated rings. The van der Waals surface area contributed by atoms with Gasteiger partial charge in [0.25, 0.3) is 0 Å². The monoisotopic (exact) mass is 386 g/mol. The molecule has 0 spiro atoms. The zero-order chi connectivity index (χ0) is 18.0. The van der Waals surface area contributed by atoms with Gasteiger partial charge in [-0.15, -0.1) is 11.8 Å². The molecule has 1 aliphatic rings. The average Bonchev–Trinajstić information content (AvgIpc) is 3.04. The van der Waals surface area contributed by atoms with E-state index in [0.29, 0.717) is 28.6 Å². The van der Waals surface area contributed by atoms with Gasteiger partial charge in [-0.25, -0.2) is 4.79 Å². The van der Waals surface area contributed by atoms with E-state index < -0.39 is 11.7 Å². The van der Waals surface area contributed by atoms with E-state index in [0.717, 1.165) is 12.1 Å². The van der Waals surface area contributed by atoms with Crippen LogP contribution in [0.2, 0.25) is 5.02 Å². The number of carbonyl (C=O) groups is 1. The van der Waals surface area contributed by atoms with E-state index in [1.54, 1.807) is 29.2 Å². The molecule has 1 saturated heterocycles. The largest absolute Gasteiger partial charge is 0.416 e. The molecule has 1 aliphatic heterocycles. The predicted octanol–water partition coefficient (Wildman–Crippen LogP) is 5.64. The fourth-order valence-electron chi connectivity index (χ4n) is 2.55. The van der Waals surface area contributed by atoms with Crippen molar-refractivity contribution in [2.75, 3.05) is 17.6 Å². The number of halogens is 4. The van der Waals surface area contributed by atoms with E-state index in [9.17, 15) is 18.0 Å². The van der Waals surface area contributed by atoms with Gasteiger partial charge in [0.1, 0.15) is 5.37 Å². The minimum absolute atomic E-state index is 0.308. The highest BCUT2D eigenvalue weighted by Crippen LogP contribution is 2.39. The van der Waals surface area contributed by atoms with Gasteiger partial charge in [0.05, 0.1) is 5.56 Å². The summed E-state index contributed by atoms with van der Waals surface area (Å²) in [7, 11) is 0. The second kappa shape index (κ2) is 7.17. The van der Waals surface area contributed by atoms with Crippen LogP contribution >= 0.6 is 23.4 Å². The van der Waals surface area contributed by atoms with Crippen molar-refractivity contribution < 1.29 is 18.0 Å². The van der Waals surface area contributed by atoms with Crippen molar-refractivity contribution in [1.82, 2.24) is 4.90 Å². The highest BCUT2D eigenvalue weighted by atomic mass is 35.5. The van der Waals surface area contributed by atoms with E-state index in [2.05, 4.69) is 5.32 Å². The Labute approximate surface area is 152 Å². The first-order valence-corrected chi connectivity index (χ1v) is 8.89. The SMILES string of the molecule is O=C(Nc1cccc(Cl)c1)N1CCSC1c1ccc(C(F)(F)F)cc1. The van der Waals surface area contributed by atoms with Gasteiger partial charge >= 0.3 is 12.2 Å². The summed E-state index contributed by atoms with van der Waals surface area (Å²) in [5.41, 5.74) is 0.534. The number of nitrogens with zero attached hydrogens (tertiary/aromatic N) is 1. The van der Waals surface area contributed by atoms with E-state index in [1.807, 2.05) is 0 Å². The molecule has 0 radical (unpaired) electrons. The predicted molar refractivity (Wildman–Crippen MR) is 93.8 cm³/mol. The van der Waals surface area contributed by atoms with Crippen LogP contribution in [-0.2, 0) is 6.18 Å². The molecular formula is C17H14ClF3N2OS. The molecule has 1 atom stereocenters. The molecular weight excluding hydrogens is 373 g/mol. The van der Waals surface area contributed by atoms with Crippen LogP contribution in [0.1, 0.15) is 16.5 Å². The summed E-state index contributed by atoms with van der Waals surface area (Å²) in [5.74, 6) is 0.717. The number of benzene rings is 2. The van der Waals surface area contributed by atoms with Crippen molar-refractivity contribution in [2.45, 2.75) is 11.6 Å². The average molecular weight is 387 g/mol. The Morgan fingerprint density at radius 3 is 2.56 bits per heavy atom. The summed E-state index contributed by atoms with van der Waals surface area (Å²) >= 11 is 7.42. The third-order valence-corrected chi connectivity index (χ3v) is 5.25. The molecule has 0 aliphatic carbocycles. The van der Waals surface area contributed by atoms with Gasteiger partial charge in [0, 0.05) is 23.0 Å². The van der Waals surface area contributed by atoms with Gasteiger partial charge in [0.15, 0.2) is 0 Å². The van der Waals surface area contributed by atoms with Gasteiger partial charge < -0.3 is 10.2 Å². The Morgan fingerprint density at radius 2 is 1.92 bits per heavy atom. The Hall–Kier alpha value is -1.86. The summed E-state index contributed by atoms with van der Waals surface area (Å²) in [6.45, 7) is 0.517. The Bertz CT molecular complexity index is 767. The summed E-state index contributed by atoms with van der Waals surface area (Å²) in [6.07, 6.45) is -4.37. The van der Waals surface area contributed by atoms with Crippen LogP contribution in [0.3, 0.4) is 0 Å². The molecule has 132 valence electrons. The maximum atomic E-state index is 12.7. The maximum absolute atomic E-state index is 12.7. The summed E-state index contributed by atoms with van der Waals surface area (Å²) in [5, 5.41) is 2.96. The van der Waals surface area contributed by atoms with Crippen LogP contribution in [0.4, 0.5) is 23.7 Å². The van der Waals surface area contributed by atoms with Crippen molar-refractivity contribution in [2.24, 2.45) is 0 Å². The van der Waals surface area contributed by atoms with Crippen LogP contribution in [0.15, 0.2) is 48.5 Å². The lowest BCUT2D eigenvalue weighted by molar-refractivity contribution is -0.137. The number of amides is 2. The summed E-state index contributed by atoms with van der Waals surface area (Å²) in [6, 6.07) is 11.4. The Balaban J connectivity index is 1.74. The van der Waals surface area contributed by atoms with E-state index in [-0.39, 0.29) is 11.4 Å². The number of carbonyl (C=O) groups excluding carboxylic acids is 1. The first-order chi connectivity index (χ1) is 11.8. The minimum atomic E-state index is -4.37. The number of hydrogen-bond acceptors (Lipinski definition) is 2. The van der Waals surface area contributed by atoms with Gasteiger partial charge in [-0.05, 0) is 35.9 Å². The zero-order valence-electron chi connectivity index (χ0n) is 12.9. The van der Waals surface area contributed by atoms with Crippen molar-refractivity contribution in [3.63, 3.8) is 0 Å². The fourth-order valence-corrected chi connectivity index (χ4v) is 4.00. The number of alkyl halides is 3. The third-order valence-electron chi connectivity index (χ3n) is 3.75. The molecule has 3 nitrogen and oxygen atoms in total. The number of hydrogen-bond donors (Lipinski definition) is 1. The number of urea groups is 1. The summed E-state index contributed by atoms with van der Waals surface area (Å²) < 4.78 is 38.1. The lowest BCUT2D eigenvalue weighted by atomic mass is 10.1. The van der Waals surface area contributed by atoms with Gasteiger partial charge in [-0.1, -0.05) is 29.8 Å². The quantitative estimate of drug-likeness (QED) is 0.724.